The summed E-state index contributed by atoms with van der Waals surface area (Å²) in [7, 11) is -1.69. The summed E-state index contributed by atoms with van der Waals surface area (Å²) in [5.74, 6) is 2.16. The number of hydrogen-bond acceptors (Lipinski definition) is 8. The number of aryl methyl sites for hydroxylation is 2. The van der Waals surface area contributed by atoms with Crippen LogP contribution in [0.1, 0.15) is 55.0 Å². The zero-order valence-corrected chi connectivity index (χ0v) is 25.1. The van der Waals surface area contributed by atoms with Crippen molar-refractivity contribution in [3.05, 3.63) is 58.7 Å². The molecule has 218 valence electrons. The fourth-order valence-corrected chi connectivity index (χ4v) is 7.56. The molecule has 4 heterocycles. The van der Waals surface area contributed by atoms with Crippen molar-refractivity contribution in [1.29, 1.82) is 0 Å². The fourth-order valence-electron chi connectivity index (χ4n) is 6.43. The van der Waals surface area contributed by atoms with E-state index in [4.69, 9.17) is 25.8 Å². The maximum atomic E-state index is 12.2. The molecule has 2 saturated heterocycles. The molecule has 2 aromatic carbocycles. The van der Waals surface area contributed by atoms with Gasteiger partial charge >= 0.3 is 0 Å². The minimum absolute atomic E-state index is 0.0527. The molecule has 0 saturated carbocycles. The second-order valence-electron chi connectivity index (χ2n) is 10.9. The van der Waals surface area contributed by atoms with Crippen LogP contribution in [-0.2, 0) is 10.0 Å². The number of aliphatic hydroxyl groups excluding tert-OH is 1. The van der Waals surface area contributed by atoms with Crippen LogP contribution < -0.4 is 9.64 Å². The Kier molecular flexibility index (Phi) is 7.25. The molecule has 0 amide bonds. The fraction of sp³-hybridized carbons (Fsp3) is 0.448. The average molecular weight is 600 g/mol. The molecule has 0 spiro atoms. The van der Waals surface area contributed by atoms with Gasteiger partial charge in [0.15, 0.2) is 0 Å². The lowest BCUT2D eigenvalue weighted by atomic mass is 10.0. The first-order valence-corrected chi connectivity index (χ1v) is 16.0. The molecule has 2 aliphatic rings. The summed E-state index contributed by atoms with van der Waals surface area (Å²) in [6.45, 7) is 4.72. The minimum atomic E-state index is -3.26. The zero-order chi connectivity index (χ0) is 29.1. The zero-order valence-electron chi connectivity index (χ0n) is 23.5. The summed E-state index contributed by atoms with van der Waals surface area (Å²) >= 11 is 6.49. The number of hydrogen-bond donors (Lipinski definition) is 1. The first kappa shape index (κ1) is 28.0. The smallest absolute Gasteiger partial charge is 0.211 e. The lowest BCUT2D eigenvalue weighted by molar-refractivity contribution is 0.182. The third kappa shape index (κ3) is 4.98. The average Bonchev–Trinajstić information content (AvgIpc) is 3.61. The number of methoxy groups -OCH3 is 1. The van der Waals surface area contributed by atoms with E-state index in [1.54, 1.807) is 17.5 Å². The van der Waals surface area contributed by atoms with E-state index in [1.165, 1.54) is 6.26 Å². The Balaban J connectivity index is 1.47. The van der Waals surface area contributed by atoms with E-state index in [0.29, 0.717) is 49.5 Å². The van der Waals surface area contributed by atoms with Crippen LogP contribution in [0.25, 0.3) is 22.2 Å². The van der Waals surface area contributed by atoms with Crippen molar-refractivity contribution < 1.29 is 22.8 Å². The van der Waals surface area contributed by atoms with Gasteiger partial charge in [0.2, 0.25) is 10.0 Å². The normalized spacial score (nSPS) is 20.8. The van der Waals surface area contributed by atoms with E-state index in [-0.39, 0.29) is 12.1 Å². The number of anilines is 1. The van der Waals surface area contributed by atoms with E-state index < -0.39 is 16.3 Å². The minimum Gasteiger partial charge on any atom is -0.495 e. The van der Waals surface area contributed by atoms with Gasteiger partial charge in [0, 0.05) is 30.4 Å². The van der Waals surface area contributed by atoms with Crippen molar-refractivity contribution in [1.82, 2.24) is 19.0 Å². The van der Waals surface area contributed by atoms with Crippen molar-refractivity contribution in [2.45, 2.75) is 57.8 Å². The SMILES string of the molecule is COc1ccc(N2C(O)CC[C@H]2c2nc3cc(-c4c(C)noc4C)ccc3n2C2CCN(S(C)(=O)=O)CC2)cc1Cl. The third-order valence-corrected chi connectivity index (χ3v) is 9.98. The molecule has 2 atom stereocenters. The number of aromatic nitrogens is 3. The molecular formula is C29H34ClN5O5S. The molecule has 4 aromatic rings. The van der Waals surface area contributed by atoms with E-state index in [1.807, 2.05) is 30.9 Å². The van der Waals surface area contributed by atoms with E-state index in [9.17, 15) is 13.5 Å². The standard InChI is InChI=1S/C29H34ClN5O5S/c1-17-28(18(2)40-32-17)19-5-7-24-23(15-19)31-29(35(24)20-11-13-33(14-12-20)41(4,37)38)25-8-10-27(36)34(25)21-6-9-26(39-3)22(30)16-21/h5-7,9,15-16,20,25,27,36H,8,10-14H2,1-4H3/t25-,27?/m0/s1. The first-order valence-electron chi connectivity index (χ1n) is 13.8. The van der Waals surface area contributed by atoms with Gasteiger partial charge in [-0.1, -0.05) is 22.8 Å². The highest BCUT2D eigenvalue weighted by Crippen LogP contribution is 2.44. The number of rotatable bonds is 6. The predicted molar refractivity (Wildman–Crippen MR) is 158 cm³/mol. The number of nitrogens with zero attached hydrogens (tertiary/aromatic N) is 5. The van der Waals surface area contributed by atoms with Crippen molar-refractivity contribution in [3.8, 4) is 16.9 Å². The van der Waals surface area contributed by atoms with Crippen LogP contribution in [0, 0.1) is 13.8 Å². The van der Waals surface area contributed by atoms with E-state index in [2.05, 4.69) is 27.9 Å². The van der Waals surface area contributed by atoms with Gasteiger partial charge in [0.05, 0.1) is 41.2 Å². The summed E-state index contributed by atoms with van der Waals surface area (Å²) in [4.78, 5) is 7.18. The van der Waals surface area contributed by atoms with Crippen LogP contribution in [0.2, 0.25) is 5.02 Å². The van der Waals surface area contributed by atoms with Gasteiger partial charge in [0.25, 0.3) is 0 Å². The molecular weight excluding hydrogens is 566 g/mol. The summed E-state index contributed by atoms with van der Waals surface area (Å²) in [6.07, 6.45) is 3.17. The number of aliphatic hydroxyl groups is 1. The molecule has 2 fully saturated rings. The molecule has 2 aromatic heterocycles. The predicted octanol–water partition coefficient (Wildman–Crippen LogP) is 5.23. The topological polar surface area (TPSA) is 114 Å². The van der Waals surface area contributed by atoms with Crippen LogP contribution in [0.3, 0.4) is 0 Å². The Morgan fingerprint density at radius 2 is 1.83 bits per heavy atom. The number of ether oxygens (including phenoxy) is 1. The van der Waals surface area contributed by atoms with E-state index in [0.717, 1.165) is 45.1 Å². The first-order chi connectivity index (χ1) is 19.6. The maximum absolute atomic E-state index is 12.2. The maximum Gasteiger partial charge on any atom is 0.211 e. The largest absolute Gasteiger partial charge is 0.495 e. The Hall–Kier alpha value is -3.12. The van der Waals surface area contributed by atoms with Crippen LogP contribution in [0.5, 0.6) is 5.75 Å². The van der Waals surface area contributed by atoms with Crippen molar-refractivity contribution >= 4 is 38.3 Å². The van der Waals surface area contributed by atoms with Crippen molar-refractivity contribution in [2.75, 3.05) is 31.4 Å². The molecule has 1 N–H and O–H groups in total. The monoisotopic (exact) mass is 599 g/mol. The Morgan fingerprint density at radius 3 is 2.46 bits per heavy atom. The summed E-state index contributed by atoms with van der Waals surface area (Å²) in [5, 5.41) is 15.7. The van der Waals surface area contributed by atoms with Crippen molar-refractivity contribution in [3.63, 3.8) is 0 Å². The summed E-state index contributed by atoms with van der Waals surface area (Å²) < 4.78 is 39.0. The lowest BCUT2D eigenvalue weighted by Gasteiger charge is -2.35. The Bertz CT molecular complexity index is 1690. The number of sulfonamides is 1. The summed E-state index contributed by atoms with van der Waals surface area (Å²) in [6, 6.07) is 11.6. The molecule has 41 heavy (non-hydrogen) atoms. The van der Waals surface area contributed by atoms with Gasteiger partial charge in [-0.15, -0.1) is 0 Å². The van der Waals surface area contributed by atoms with Gasteiger partial charge in [-0.25, -0.2) is 17.7 Å². The number of imidazole rings is 1. The van der Waals surface area contributed by atoms with Crippen molar-refractivity contribution in [2.24, 2.45) is 0 Å². The van der Waals surface area contributed by atoms with Gasteiger partial charge in [-0.05, 0) is 75.4 Å². The van der Waals surface area contributed by atoms with Crippen LogP contribution in [0.4, 0.5) is 5.69 Å². The van der Waals surface area contributed by atoms with Gasteiger partial charge in [-0.2, -0.15) is 0 Å². The highest BCUT2D eigenvalue weighted by Gasteiger charge is 2.39. The lowest BCUT2D eigenvalue weighted by Crippen LogP contribution is -2.39. The number of fused-ring (bicyclic) bond motifs is 1. The summed E-state index contributed by atoms with van der Waals surface area (Å²) in [5.41, 5.74) is 5.33. The number of halogens is 1. The molecule has 6 rings (SSSR count). The Morgan fingerprint density at radius 1 is 1.07 bits per heavy atom. The van der Waals surface area contributed by atoms with Crippen LogP contribution in [0.15, 0.2) is 40.9 Å². The number of piperidine rings is 1. The van der Waals surface area contributed by atoms with Gasteiger partial charge in [0.1, 0.15) is 23.6 Å². The Labute approximate surface area is 244 Å². The molecule has 0 bridgehead atoms. The molecule has 0 aliphatic carbocycles. The third-order valence-electron chi connectivity index (χ3n) is 8.38. The quantitative estimate of drug-likeness (QED) is 0.321. The van der Waals surface area contributed by atoms with Gasteiger partial charge < -0.3 is 23.8 Å². The van der Waals surface area contributed by atoms with Crippen LogP contribution in [-0.4, -0.2) is 65.2 Å². The van der Waals surface area contributed by atoms with Crippen LogP contribution >= 0.6 is 11.6 Å². The molecule has 2 aliphatic heterocycles. The number of benzene rings is 2. The molecule has 12 heteroatoms. The second kappa shape index (κ2) is 10.6. The molecule has 1 unspecified atom stereocenters. The molecule has 0 radical (unpaired) electrons. The molecule has 10 nitrogen and oxygen atoms in total. The van der Waals surface area contributed by atoms with Gasteiger partial charge in [-0.3, -0.25) is 0 Å². The second-order valence-corrected chi connectivity index (χ2v) is 13.3. The van der Waals surface area contributed by atoms with E-state index >= 15 is 0 Å². The highest BCUT2D eigenvalue weighted by atomic mass is 35.5. The highest BCUT2D eigenvalue weighted by molar-refractivity contribution is 7.88.